The first-order chi connectivity index (χ1) is 12.7. The zero-order chi connectivity index (χ0) is 19.6. The van der Waals surface area contributed by atoms with E-state index < -0.39 is 10.0 Å². The van der Waals surface area contributed by atoms with Crippen molar-refractivity contribution in [2.24, 2.45) is 5.92 Å². The number of rotatable bonds is 5. The van der Waals surface area contributed by atoms with Gasteiger partial charge in [-0.05, 0) is 86.4 Å². The second-order valence-electron chi connectivity index (χ2n) is 6.65. The molecular weight excluding hydrogens is 382 g/mol. The van der Waals surface area contributed by atoms with Crippen LogP contribution in [0, 0.1) is 19.8 Å². The van der Waals surface area contributed by atoms with E-state index in [1.165, 1.54) is 12.1 Å². The van der Waals surface area contributed by atoms with Gasteiger partial charge < -0.3 is 10.6 Å². The van der Waals surface area contributed by atoms with Gasteiger partial charge in [0.1, 0.15) is 0 Å². The first-order valence-corrected chi connectivity index (χ1v) is 10.5. The topological polar surface area (TPSA) is 87.3 Å². The maximum absolute atomic E-state index is 12.5. The van der Waals surface area contributed by atoms with Gasteiger partial charge in [0.25, 0.3) is 10.0 Å². The Morgan fingerprint density at radius 3 is 2.22 bits per heavy atom. The van der Waals surface area contributed by atoms with Crippen molar-refractivity contribution < 1.29 is 13.2 Å². The van der Waals surface area contributed by atoms with E-state index in [0.717, 1.165) is 24.0 Å². The van der Waals surface area contributed by atoms with Crippen LogP contribution in [-0.4, -0.2) is 19.4 Å². The minimum atomic E-state index is -3.69. The highest BCUT2D eigenvalue weighted by atomic mass is 32.2. The van der Waals surface area contributed by atoms with Crippen LogP contribution in [-0.2, 0) is 14.8 Å². The number of hydrogen-bond donors (Lipinski definition) is 3. The smallest absolute Gasteiger partial charge is 0.261 e. The molecule has 1 amide bonds. The largest absolute Gasteiger partial charge is 0.332 e. The Balaban J connectivity index is 1.65. The molecule has 1 aliphatic carbocycles. The lowest BCUT2D eigenvalue weighted by atomic mass is 10.1. The number of nitrogens with one attached hydrogen (secondary N) is 3. The van der Waals surface area contributed by atoms with Gasteiger partial charge in [-0.25, -0.2) is 8.42 Å². The third-order valence-electron chi connectivity index (χ3n) is 4.37. The summed E-state index contributed by atoms with van der Waals surface area (Å²) in [6, 6.07) is 11.6. The SMILES string of the molecule is Cc1ccc(NS(=O)(=O)c2ccc(NC(=S)NC(=O)C3CC3)cc2)cc1C. The highest BCUT2D eigenvalue weighted by Crippen LogP contribution is 2.28. The molecule has 0 bridgehead atoms. The summed E-state index contributed by atoms with van der Waals surface area (Å²) in [6.07, 6.45) is 1.79. The Hall–Kier alpha value is -2.45. The lowest BCUT2D eigenvalue weighted by Crippen LogP contribution is -2.35. The van der Waals surface area contributed by atoms with Crippen molar-refractivity contribution in [2.75, 3.05) is 10.0 Å². The van der Waals surface area contributed by atoms with Crippen LogP contribution in [0.4, 0.5) is 11.4 Å². The summed E-state index contributed by atoms with van der Waals surface area (Å²) in [7, 11) is -3.69. The molecule has 0 saturated heterocycles. The molecule has 3 rings (SSSR count). The fourth-order valence-electron chi connectivity index (χ4n) is 2.46. The number of aryl methyl sites for hydroxylation is 2. The van der Waals surface area contributed by atoms with E-state index in [-0.39, 0.29) is 21.8 Å². The van der Waals surface area contributed by atoms with E-state index in [4.69, 9.17) is 12.2 Å². The molecule has 1 aliphatic rings. The Labute approximate surface area is 164 Å². The van der Waals surface area contributed by atoms with E-state index >= 15 is 0 Å². The van der Waals surface area contributed by atoms with E-state index in [1.807, 2.05) is 19.9 Å². The van der Waals surface area contributed by atoms with Crippen molar-refractivity contribution in [2.45, 2.75) is 31.6 Å². The van der Waals surface area contributed by atoms with Gasteiger partial charge in [-0.3, -0.25) is 9.52 Å². The minimum absolute atomic E-state index is 0.0637. The Morgan fingerprint density at radius 1 is 1.00 bits per heavy atom. The number of sulfonamides is 1. The molecular formula is C19H21N3O3S2. The van der Waals surface area contributed by atoms with Crippen molar-refractivity contribution in [3.05, 3.63) is 53.6 Å². The molecule has 0 heterocycles. The molecule has 0 aliphatic heterocycles. The first-order valence-electron chi connectivity index (χ1n) is 8.56. The molecule has 8 heteroatoms. The van der Waals surface area contributed by atoms with Gasteiger partial charge in [-0.2, -0.15) is 0 Å². The van der Waals surface area contributed by atoms with Crippen LogP contribution in [0.2, 0.25) is 0 Å². The third kappa shape index (κ3) is 5.05. The minimum Gasteiger partial charge on any atom is -0.332 e. The van der Waals surface area contributed by atoms with Gasteiger partial charge in [0.05, 0.1) is 4.90 Å². The van der Waals surface area contributed by atoms with Crippen LogP contribution < -0.4 is 15.4 Å². The van der Waals surface area contributed by atoms with Crippen LogP contribution in [0.25, 0.3) is 0 Å². The average molecular weight is 404 g/mol. The van der Waals surface area contributed by atoms with Crippen molar-refractivity contribution >= 4 is 44.6 Å². The van der Waals surface area contributed by atoms with E-state index in [2.05, 4.69) is 15.4 Å². The molecule has 1 fully saturated rings. The highest BCUT2D eigenvalue weighted by Gasteiger charge is 2.30. The maximum Gasteiger partial charge on any atom is 0.261 e. The lowest BCUT2D eigenvalue weighted by molar-refractivity contribution is -0.120. The zero-order valence-corrected chi connectivity index (χ0v) is 16.7. The number of anilines is 2. The average Bonchev–Trinajstić information content (AvgIpc) is 3.43. The molecule has 1 saturated carbocycles. The number of benzene rings is 2. The predicted octanol–water partition coefficient (Wildman–Crippen LogP) is 3.33. The second-order valence-corrected chi connectivity index (χ2v) is 8.74. The number of amides is 1. The summed E-state index contributed by atoms with van der Waals surface area (Å²) < 4.78 is 27.7. The van der Waals surface area contributed by atoms with Crippen molar-refractivity contribution in [1.29, 1.82) is 0 Å². The number of hydrogen-bond acceptors (Lipinski definition) is 4. The molecule has 0 spiro atoms. The Bertz CT molecular complexity index is 982. The van der Waals surface area contributed by atoms with Crippen LogP contribution in [0.3, 0.4) is 0 Å². The van der Waals surface area contributed by atoms with Crippen LogP contribution >= 0.6 is 12.2 Å². The summed E-state index contributed by atoms with van der Waals surface area (Å²) in [5, 5.41) is 5.71. The van der Waals surface area contributed by atoms with Gasteiger partial charge in [-0.1, -0.05) is 6.07 Å². The quantitative estimate of drug-likeness (QED) is 0.667. The van der Waals surface area contributed by atoms with E-state index in [0.29, 0.717) is 11.4 Å². The molecule has 2 aromatic rings. The van der Waals surface area contributed by atoms with Gasteiger partial charge in [0.2, 0.25) is 5.91 Å². The molecule has 0 unspecified atom stereocenters. The predicted molar refractivity (Wildman–Crippen MR) is 110 cm³/mol. The summed E-state index contributed by atoms with van der Waals surface area (Å²) in [5.74, 6) is -0.0157. The molecule has 0 radical (unpaired) electrons. The maximum atomic E-state index is 12.5. The second kappa shape index (κ2) is 7.66. The van der Waals surface area contributed by atoms with Crippen LogP contribution in [0.1, 0.15) is 24.0 Å². The fraction of sp³-hybridized carbons (Fsp3) is 0.263. The van der Waals surface area contributed by atoms with Crippen molar-refractivity contribution in [1.82, 2.24) is 5.32 Å². The normalized spacial score (nSPS) is 13.7. The lowest BCUT2D eigenvalue weighted by Gasteiger charge is -2.12. The first kappa shape index (κ1) is 19.3. The summed E-state index contributed by atoms with van der Waals surface area (Å²) in [4.78, 5) is 11.8. The summed E-state index contributed by atoms with van der Waals surface area (Å²) in [5.41, 5.74) is 3.22. The van der Waals surface area contributed by atoms with Gasteiger partial charge in [-0.15, -0.1) is 0 Å². The molecule has 3 N–H and O–H groups in total. The number of carbonyl (C=O) groups is 1. The van der Waals surface area contributed by atoms with Gasteiger partial charge in [0.15, 0.2) is 5.11 Å². The standard InChI is InChI=1S/C19H21N3O3S2/c1-12-3-6-16(11-13(12)2)22-27(24,25)17-9-7-15(8-10-17)20-19(26)21-18(23)14-4-5-14/h3,6-11,14,22H,4-5H2,1-2H3,(H2,20,21,23,26). The Morgan fingerprint density at radius 2 is 1.63 bits per heavy atom. The zero-order valence-electron chi connectivity index (χ0n) is 15.1. The fourth-order valence-corrected chi connectivity index (χ4v) is 3.73. The molecule has 142 valence electrons. The van der Waals surface area contributed by atoms with Gasteiger partial charge >= 0.3 is 0 Å². The Kier molecular flexibility index (Phi) is 5.48. The number of thiocarbonyl (C=S) groups is 1. The third-order valence-corrected chi connectivity index (χ3v) is 5.97. The summed E-state index contributed by atoms with van der Waals surface area (Å²) >= 11 is 5.10. The van der Waals surface area contributed by atoms with E-state index in [9.17, 15) is 13.2 Å². The van der Waals surface area contributed by atoms with Gasteiger partial charge in [0, 0.05) is 17.3 Å². The van der Waals surface area contributed by atoms with Crippen molar-refractivity contribution in [3.8, 4) is 0 Å². The molecule has 0 atom stereocenters. The monoisotopic (exact) mass is 403 g/mol. The van der Waals surface area contributed by atoms with Crippen molar-refractivity contribution in [3.63, 3.8) is 0 Å². The van der Waals surface area contributed by atoms with Crippen LogP contribution in [0.5, 0.6) is 0 Å². The molecule has 27 heavy (non-hydrogen) atoms. The molecule has 6 nitrogen and oxygen atoms in total. The summed E-state index contributed by atoms with van der Waals surface area (Å²) in [6.45, 7) is 3.90. The van der Waals surface area contributed by atoms with E-state index in [1.54, 1.807) is 24.3 Å². The highest BCUT2D eigenvalue weighted by molar-refractivity contribution is 7.92. The number of carbonyl (C=O) groups excluding carboxylic acids is 1. The molecule has 0 aromatic heterocycles. The van der Waals surface area contributed by atoms with Crippen LogP contribution in [0.15, 0.2) is 47.4 Å². The molecule has 2 aromatic carbocycles.